The molecule has 1 saturated heterocycles. The van der Waals surface area contributed by atoms with Crippen LogP contribution in [0.25, 0.3) is 0 Å². The minimum absolute atomic E-state index is 0.0222. The summed E-state index contributed by atoms with van der Waals surface area (Å²) >= 11 is 0. The van der Waals surface area contributed by atoms with Gasteiger partial charge >= 0.3 is 12.6 Å². The van der Waals surface area contributed by atoms with Gasteiger partial charge in [0.2, 0.25) is 0 Å². The van der Waals surface area contributed by atoms with Crippen LogP contribution in [0.4, 0.5) is 13.6 Å². The van der Waals surface area contributed by atoms with Crippen molar-refractivity contribution in [2.45, 2.75) is 63.6 Å². The summed E-state index contributed by atoms with van der Waals surface area (Å²) in [6, 6.07) is 4.28. The lowest BCUT2D eigenvalue weighted by Crippen LogP contribution is -2.51. The van der Waals surface area contributed by atoms with Crippen molar-refractivity contribution in [3.05, 3.63) is 23.8 Å². The van der Waals surface area contributed by atoms with E-state index in [0.717, 1.165) is 12.8 Å². The molecular formula is C21H29F2N3O4. The molecule has 3 amide bonds. The molecular weight excluding hydrogens is 396 g/mol. The minimum atomic E-state index is -2.97. The largest absolute Gasteiger partial charge is 0.493 e. The van der Waals surface area contributed by atoms with E-state index in [2.05, 4.69) is 15.4 Å². The number of piperidine rings is 1. The summed E-state index contributed by atoms with van der Waals surface area (Å²) in [6.07, 6.45) is 6.98. The number of hydrogen-bond acceptors (Lipinski definition) is 4. The van der Waals surface area contributed by atoms with Gasteiger partial charge in [0.15, 0.2) is 11.5 Å². The topological polar surface area (TPSA) is 79.9 Å². The third-order valence-electron chi connectivity index (χ3n) is 5.69. The van der Waals surface area contributed by atoms with Crippen molar-refractivity contribution in [1.29, 1.82) is 0 Å². The number of urea groups is 1. The molecule has 0 radical (unpaired) electrons. The van der Waals surface area contributed by atoms with E-state index >= 15 is 0 Å². The Morgan fingerprint density at radius 2 is 1.67 bits per heavy atom. The maximum atomic E-state index is 12.5. The smallest absolute Gasteiger partial charge is 0.387 e. The van der Waals surface area contributed by atoms with Crippen LogP contribution in [0.1, 0.15) is 55.3 Å². The Hall–Kier alpha value is -2.58. The standard InChI is InChI=1S/C21H29F2N3O4/c1-29-18-13-14(7-8-17(18)30-20(22)23)19(27)24-16-9-11-26(12-10-16)21(28)25-15-5-3-2-4-6-15/h7-8,13,15-16,20H,2-6,9-12H2,1H3,(H,24,27)(H,25,28). The van der Waals surface area contributed by atoms with E-state index in [1.54, 1.807) is 4.90 Å². The number of carbonyl (C=O) groups is 2. The molecule has 0 spiro atoms. The highest BCUT2D eigenvalue weighted by Gasteiger charge is 2.26. The van der Waals surface area contributed by atoms with Crippen molar-refractivity contribution >= 4 is 11.9 Å². The highest BCUT2D eigenvalue weighted by Crippen LogP contribution is 2.29. The summed E-state index contributed by atoms with van der Waals surface area (Å²) in [4.78, 5) is 26.8. The molecule has 7 nitrogen and oxygen atoms in total. The number of hydrogen-bond donors (Lipinski definition) is 2. The number of carbonyl (C=O) groups excluding carboxylic acids is 2. The van der Waals surface area contributed by atoms with Gasteiger partial charge in [0, 0.05) is 30.7 Å². The van der Waals surface area contributed by atoms with Crippen LogP contribution in [0, 0.1) is 0 Å². The van der Waals surface area contributed by atoms with Gasteiger partial charge in [-0.1, -0.05) is 19.3 Å². The van der Waals surface area contributed by atoms with Gasteiger partial charge in [-0.15, -0.1) is 0 Å². The molecule has 1 aromatic carbocycles. The van der Waals surface area contributed by atoms with E-state index < -0.39 is 6.61 Å². The fourth-order valence-corrected chi connectivity index (χ4v) is 4.01. The van der Waals surface area contributed by atoms with Gasteiger partial charge in [0.1, 0.15) is 0 Å². The van der Waals surface area contributed by atoms with Crippen molar-refractivity contribution < 1.29 is 27.8 Å². The first-order chi connectivity index (χ1) is 14.5. The maximum Gasteiger partial charge on any atom is 0.387 e. The van der Waals surface area contributed by atoms with E-state index in [0.29, 0.717) is 31.5 Å². The lowest BCUT2D eigenvalue weighted by molar-refractivity contribution is -0.0512. The second-order valence-electron chi connectivity index (χ2n) is 7.76. The van der Waals surface area contributed by atoms with Crippen LogP contribution in [0.3, 0.4) is 0 Å². The van der Waals surface area contributed by atoms with Crippen LogP contribution >= 0.6 is 0 Å². The Bertz CT molecular complexity index is 733. The van der Waals surface area contributed by atoms with Crippen LogP contribution in [0.2, 0.25) is 0 Å². The number of amides is 3. The van der Waals surface area contributed by atoms with Gasteiger partial charge in [0.25, 0.3) is 5.91 Å². The van der Waals surface area contributed by atoms with Crippen molar-refractivity contribution in [3.8, 4) is 11.5 Å². The molecule has 9 heteroatoms. The Balaban J connectivity index is 1.48. The summed E-state index contributed by atoms with van der Waals surface area (Å²) in [5.74, 6) is -0.375. The number of nitrogens with one attached hydrogen (secondary N) is 2. The van der Waals surface area contributed by atoms with Crippen LogP contribution in [-0.4, -0.2) is 55.7 Å². The van der Waals surface area contributed by atoms with Crippen molar-refractivity contribution in [2.75, 3.05) is 20.2 Å². The summed E-state index contributed by atoms with van der Waals surface area (Å²) in [5, 5.41) is 6.07. The normalized spacial score (nSPS) is 18.2. The number of benzene rings is 1. The predicted octanol–water partition coefficient (Wildman–Crippen LogP) is 3.53. The summed E-state index contributed by atoms with van der Waals surface area (Å²) in [7, 11) is 1.32. The van der Waals surface area contributed by atoms with Crippen LogP contribution < -0.4 is 20.1 Å². The second-order valence-corrected chi connectivity index (χ2v) is 7.76. The highest BCUT2D eigenvalue weighted by molar-refractivity contribution is 5.95. The Kier molecular flexibility index (Phi) is 7.70. The lowest BCUT2D eigenvalue weighted by atomic mass is 9.95. The first-order valence-corrected chi connectivity index (χ1v) is 10.5. The molecule has 1 aliphatic heterocycles. The molecule has 30 heavy (non-hydrogen) atoms. The summed E-state index contributed by atoms with van der Waals surface area (Å²) < 4.78 is 34.3. The number of ether oxygens (including phenoxy) is 2. The van der Waals surface area contributed by atoms with E-state index in [9.17, 15) is 18.4 Å². The van der Waals surface area contributed by atoms with E-state index in [-0.39, 0.29) is 35.5 Å². The number of likely N-dealkylation sites (tertiary alicyclic amines) is 1. The van der Waals surface area contributed by atoms with Crippen molar-refractivity contribution in [1.82, 2.24) is 15.5 Å². The first kappa shape index (κ1) is 22.1. The van der Waals surface area contributed by atoms with Crippen LogP contribution in [-0.2, 0) is 0 Å². The summed E-state index contributed by atoms with van der Waals surface area (Å²) in [6.45, 7) is -1.82. The third-order valence-corrected chi connectivity index (χ3v) is 5.69. The molecule has 166 valence electrons. The van der Waals surface area contributed by atoms with Crippen LogP contribution in [0.15, 0.2) is 18.2 Å². The predicted molar refractivity (Wildman–Crippen MR) is 107 cm³/mol. The zero-order valence-electron chi connectivity index (χ0n) is 17.2. The Morgan fingerprint density at radius 3 is 2.30 bits per heavy atom. The second kappa shape index (κ2) is 10.4. The molecule has 3 rings (SSSR count). The molecule has 2 N–H and O–H groups in total. The Morgan fingerprint density at radius 1 is 1.00 bits per heavy atom. The summed E-state index contributed by atoms with van der Waals surface area (Å²) in [5.41, 5.74) is 0.297. The molecule has 0 unspecified atom stereocenters. The average Bonchev–Trinajstić information content (AvgIpc) is 2.74. The number of nitrogens with zero attached hydrogens (tertiary/aromatic N) is 1. The molecule has 2 fully saturated rings. The van der Waals surface area contributed by atoms with Gasteiger partial charge in [-0.3, -0.25) is 4.79 Å². The molecule has 0 aromatic heterocycles. The molecule has 1 aliphatic carbocycles. The highest BCUT2D eigenvalue weighted by atomic mass is 19.3. The van der Waals surface area contributed by atoms with E-state index in [1.165, 1.54) is 44.6 Å². The molecule has 1 aromatic rings. The Labute approximate surface area is 175 Å². The van der Waals surface area contributed by atoms with Gasteiger partial charge in [-0.2, -0.15) is 8.78 Å². The van der Waals surface area contributed by atoms with Gasteiger partial charge in [-0.05, 0) is 43.9 Å². The molecule has 1 saturated carbocycles. The van der Waals surface area contributed by atoms with Gasteiger partial charge < -0.3 is 25.0 Å². The minimum Gasteiger partial charge on any atom is -0.493 e. The van der Waals surface area contributed by atoms with E-state index in [4.69, 9.17) is 4.74 Å². The number of rotatable bonds is 6. The number of halogens is 2. The SMILES string of the molecule is COc1cc(C(=O)NC2CCN(C(=O)NC3CCCCC3)CC2)ccc1OC(F)F. The van der Waals surface area contributed by atoms with E-state index in [1.807, 2.05) is 0 Å². The lowest BCUT2D eigenvalue weighted by Gasteiger charge is -2.34. The van der Waals surface area contributed by atoms with Crippen molar-refractivity contribution in [3.63, 3.8) is 0 Å². The molecule has 2 aliphatic rings. The zero-order valence-corrected chi connectivity index (χ0v) is 17.2. The monoisotopic (exact) mass is 425 g/mol. The average molecular weight is 425 g/mol. The fourth-order valence-electron chi connectivity index (χ4n) is 4.01. The number of methoxy groups -OCH3 is 1. The maximum absolute atomic E-state index is 12.5. The molecule has 0 atom stereocenters. The first-order valence-electron chi connectivity index (χ1n) is 10.5. The third kappa shape index (κ3) is 5.96. The van der Waals surface area contributed by atoms with Gasteiger partial charge in [0.05, 0.1) is 7.11 Å². The quantitative estimate of drug-likeness (QED) is 0.731. The number of alkyl halides is 2. The fraction of sp³-hybridized carbons (Fsp3) is 0.619. The van der Waals surface area contributed by atoms with Crippen molar-refractivity contribution in [2.24, 2.45) is 0 Å². The zero-order chi connectivity index (χ0) is 21.5. The molecule has 1 heterocycles. The van der Waals surface area contributed by atoms with Crippen LogP contribution in [0.5, 0.6) is 11.5 Å². The molecule has 0 bridgehead atoms. The van der Waals surface area contributed by atoms with Gasteiger partial charge in [-0.25, -0.2) is 4.79 Å².